The molecule has 0 aliphatic rings. The molecule has 1 heterocycles. The highest BCUT2D eigenvalue weighted by molar-refractivity contribution is 7.89. The molecule has 0 saturated heterocycles. The minimum Gasteiger partial charge on any atom is -0.351 e. The molecule has 2 aromatic rings. The van der Waals surface area contributed by atoms with E-state index in [0.29, 0.717) is 16.4 Å². The highest BCUT2D eigenvalue weighted by Gasteiger charge is 2.14. The largest absolute Gasteiger partial charge is 0.351 e. The fourth-order valence-electron chi connectivity index (χ4n) is 1.97. The van der Waals surface area contributed by atoms with Gasteiger partial charge in [0.05, 0.1) is 15.8 Å². The molecule has 2 N–H and O–H groups in total. The molecule has 0 bridgehead atoms. The molecule has 0 radical (unpaired) electrons. The van der Waals surface area contributed by atoms with Gasteiger partial charge in [0, 0.05) is 23.4 Å². The molecule has 9 heteroatoms. The van der Waals surface area contributed by atoms with E-state index in [1.54, 1.807) is 6.07 Å². The van der Waals surface area contributed by atoms with E-state index in [4.69, 9.17) is 11.6 Å². The lowest BCUT2D eigenvalue weighted by atomic mass is 10.2. The number of benzene rings is 1. The Morgan fingerprint density at radius 3 is 2.36 bits per heavy atom. The van der Waals surface area contributed by atoms with Crippen LogP contribution in [0.15, 0.2) is 41.3 Å². The first-order chi connectivity index (χ1) is 11.8. The summed E-state index contributed by atoms with van der Waals surface area (Å²) in [7, 11) is -3.72. The van der Waals surface area contributed by atoms with Gasteiger partial charge in [-0.3, -0.25) is 9.59 Å². The minimum absolute atomic E-state index is 0.0177. The number of halogens is 1. The van der Waals surface area contributed by atoms with Gasteiger partial charge < -0.3 is 5.32 Å². The van der Waals surface area contributed by atoms with Crippen molar-refractivity contribution in [2.24, 2.45) is 0 Å². The average molecular weight is 401 g/mol. The monoisotopic (exact) mass is 400 g/mol. The molecule has 0 fully saturated rings. The predicted molar refractivity (Wildman–Crippen MR) is 97.4 cm³/mol. The van der Waals surface area contributed by atoms with Crippen molar-refractivity contribution in [3.63, 3.8) is 0 Å². The molecule has 25 heavy (non-hydrogen) atoms. The fraction of sp³-hybridized carbons (Fsp3) is 0.250. The van der Waals surface area contributed by atoms with Crippen LogP contribution in [0.2, 0.25) is 4.34 Å². The number of carbonyl (C=O) groups excluding carboxylic acids is 2. The zero-order valence-electron chi connectivity index (χ0n) is 13.4. The molecule has 0 saturated carbocycles. The van der Waals surface area contributed by atoms with Crippen molar-refractivity contribution in [2.45, 2.75) is 24.8 Å². The second-order valence-corrected chi connectivity index (χ2v) is 8.78. The third-order valence-corrected chi connectivity index (χ3v) is 6.01. The second-order valence-electron chi connectivity index (χ2n) is 5.21. The van der Waals surface area contributed by atoms with Gasteiger partial charge in [-0.25, -0.2) is 13.1 Å². The van der Waals surface area contributed by atoms with Gasteiger partial charge in [0.25, 0.3) is 0 Å². The zero-order chi connectivity index (χ0) is 18.4. The SMILES string of the molecule is CC(=O)c1ccc(S(=O)(=O)NCCC(=O)NCc2ccc(Cl)s2)cc1. The topological polar surface area (TPSA) is 92.3 Å². The highest BCUT2D eigenvalue weighted by atomic mass is 35.5. The fourth-order valence-corrected chi connectivity index (χ4v) is 4.03. The lowest BCUT2D eigenvalue weighted by Gasteiger charge is -2.07. The third-order valence-electron chi connectivity index (χ3n) is 3.30. The molecule has 0 spiro atoms. The first kappa shape index (κ1) is 19.6. The van der Waals surface area contributed by atoms with Gasteiger partial charge in [0.15, 0.2) is 5.78 Å². The summed E-state index contributed by atoms with van der Waals surface area (Å²) in [6, 6.07) is 9.20. The summed E-state index contributed by atoms with van der Waals surface area (Å²) in [5.74, 6) is -0.403. The number of Topliss-reactive ketones (excluding diaryl/α,β-unsaturated/α-hetero) is 1. The van der Waals surface area contributed by atoms with Gasteiger partial charge in [0.1, 0.15) is 0 Å². The van der Waals surface area contributed by atoms with E-state index in [9.17, 15) is 18.0 Å². The molecule has 1 aromatic carbocycles. The van der Waals surface area contributed by atoms with E-state index in [1.165, 1.54) is 42.5 Å². The van der Waals surface area contributed by atoms with Gasteiger partial charge in [-0.1, -0.05) is 23.7 Å². The summed E-state index contributed by atoms with van der Waals surface area (Å²) >= 11 is 7.18. The molecular weight excluding hydrogens is 384 g/mol. The number of thiophene rings is 1. The van der Waals surface area contributed by atoms with Crippen LogP contribution in [0.3, 0.4) is 0 Å². The molecule has 0 aliphatic heterocycles. The maximum Gasteiger partial charge on any atom is 0.240 e. The van der Waals surface area contributed by atoms with Crippen LogP contribution in [0, 0.1) is 0 Å². The Kier molecular flexibility index (Phi) is 6.71. The molecule has 0 unspecified atom stereocenters. The lowest BCUT2D eigenvalue weighted by molar-refractivity contribution is -0.121. The van der Waals surface area contributed by atoms with E-state index in [-0.39, 0.29) is 29.6 Å². The number of rotatable bonds is 8. The van der Waals surface area contributed by atoms with Gasteiger partial charge in [-0.05, 0) is 31.2 Å². The van der Waals surface area contributed by atoms with E-state index in [0.717, 1.165) is 4.88 Å². The van der Waals surface area contributed by atoms with Crippen LogP contribution >= 0.6 is 22.9 Å². The summed E-state index contributed by atoms with van der Waals surface area (Å²) in [4.78, 5) is 23.9. The van der Waals surface area contributed by atoms with Crippen LogP contribution < -0.4 is 10.0 Å². The average Bonchev–Trinajstić information content (AvgIpc) is 2.98. The van der Waals surface area contributed by atoms with E-state index >= 15 is 0 Å². The summed E-state index contributed by atoms with van der Waals surface area (Å²) < 4.78 is 27.3. The van der Waals surface area contributed by atoms with Crippen molar-refractivity contribution in [1.82, 2.24) is 10.0 Å². The Labute approximate surface area is 155 Å². The molecule has 6 nitrogen and oxygen atoms in total. The van der Waals surface area contributed by atoms with Crippen LogP contribution in [0.4, 0.5) is 0 Å². The lowest BCUT2D eigenvalue weighted by Crippen LogP contribution is -2.30. The van der Waals surface area contributed by atoms with Gasteiger partial charge in [0.2, 0.25) is 15.9 Å². The van der Waals surface area contributed by atoms with Crippen molar-refractivity contribution in [3.8, 4) is 0 Å². The van der Waals surface area contributed by atoms with Gasteiger partial charge >= 0.3 is 0 Å². The Hall–Kier alpha value is -1.74. The number of ketones is 1. The Morgan fingerprint density at radius 1 is 1.12 bits per heavy atom. The minimum atomic E-state index is -3.72. The molecule has 134 valence electrons. The Bertz CT molecular complexity index is 861. The number of nitrogens with one attached hydrogen (secondary N) is 2. The maximum absolute atomic E-state index is 12.1. The van der Waals surface area contributed by atoms with E-state index < -0.39 is 10.0 Å². The van der Waals surface area contributed by atoms with E-state index in [1.807, 2.05) is 6.07 Å². The number of hydrogen-bond donors (Lipinski definition) is 2. The predicted octanol–water partition coefficient (Wildman–Crippen LogP) is 2.59. The Morgan fingerprint density at radius 2 is 1.80 bits per heavy atom. The van der Waals surface area contributed by atoms with Crippen molar-refractivity contribution in [2.75, 3.05) is 6.54 Å². The van der Waals surface area contributed by atoms with Crippen molar-refractivity contribution < 1.29 is 18.0 Å². The van der Waals surface area contributed by atoms with Gasteiger partial charge in [-0.2, -0.15) is 0 Å². The first-order valence-corrected chi connectivity index (χ1v) is 10.1. The smallest absolute Gasteiger partial charge is 0.240 e. The van der Waals surface area contributed by atoms with Crippen LogP contribution in [0.5, 0.6) is 0 Å². The molecule has 0 atom stereocenters. The number of hydrogen-bond acceptors (Lipinski definition) is 5. The Balaban J connectivity index is 1.81. The third kappa shape index (κ3) is 5.93. The van der Waals surface area contributed by atoms with Gasteiger partial charge in [-0.15, -0.1) is 11.3 Å². The number of amides is 1. The molecule has 2 rings (SSSR count). The van der Waals surface area contributed by atoms with Crippen molar-refractivity contribution in [3.05, 3.63) is 51.2 Å². The van der Waals surface area contributed by atoms with Crippen LogP contribution in [-0.4, -0.2) is 26.7 Å². The summed E-state index contributed by atoms with van der Waals surface area (Å²) in [6.45, 7) is 1.74. The molecule has 1 amide bonds. The van der Waals surface area contributed by atoms with E-state index in [2.05, 4.69) is 10.0 Å². The highest BCUT2D eigenvalue weighted by Crippen LogP contribution is 2.20. The second kappa shape index (κ2) is 8.57. The van der Waals surface area contributed by atoms with Crippen molar-refractivity contribution in [1.29, 1.82) is 0 Å². The molecule has 0 aliphatic carbocycles. The first-order valence-electron chi connectivity index (χ1n) is 7.39. The number of carbonyl (C=O) groups is 2. The summed E-state index contributed by atoms with van der Waals surface area (Å²) in [5, 5.41) is 2.70. The summed E-state index contributed by atoms with van der Waals surface area (Å²) in [6.07, 6.45) is 0.0177. The quantitative estimate of drug-likeness (QED) is 0.666. The zero-order valence-corrected chi connectivity index (χ0v) is 15.8. The van der Waals surface area contributed by atoms with Crippen LogP contribution in [0.1, 0.15) is 28.6 Å². The van der Waals surface area contributed by atoms with Crippen LogP contribution in [0.25, 0.3) is 0 Å². The molecule has 1 aromatic heterocycles. The van der Waals surface area contributed by atoms with Crippen molar-refractivity contribution >= 4 is 44.7 Å². The van der Waals surface area contributed by atoms with Crippen LogP contribution in [-0.2, 0) is 21.4 Å². The normalized spacial score (nSPS) is 11.3. The number of sulfonamides is 1. The summed E-state index contributed by atoms with van der Waals surface area (Å²) in [5.41, 5.74) is 0.437. The maximum atomic E-state index is 12.1. The molecular formula is C16H17ClN2O4S2. The standard InChI is InChI=1S/C16H17ClN2O4S2/c1-11(20)12-2-5-14(6-3-12)25(22,23)19-9-8-16(21)18-10-13-4-7-15(17)24-13/h2-7,19H,8-10H2,1H3,(H,18,21).